The Morgan fingerprint density at radius 2 is 0.818 bits per heavy atom. The zero-order valence-corrected chi connectivity index (χ0v) is 8.62. The second kappa shape index (κ2) is 22.5. The number of rotatable bonds is 0. The minimum atomic E-state index is 0. The topological polar surface area (TPSA) is 0 Å². The van der Waals surface area contributed by atoms with Crippen molar-refractivity contribution in [2.24, 2.45) is 5.41 Å². The van der Waals surface area contributed by atoms with Gasteiger partial charge in [-0.1, -0.05) is 50.5 Å². The van der Waals surface area contributed by atoms with Gasteiger partial charge in [0.15, 0.2) is 0 Å². The van der Waals surface area contributed by atoms with Gasteiger partial charge in [0.25, 0.3) is 0 Å². The average molecular weight is 239 g/mol. The van der Waals surface area contributed by atoms with E-state index >= 15 is 0 Å². The van der Waals surface area contributed by atoms with Crippen LogP contribution in [0.2, 0.25) is 0 Å². The Bertz CT molecular complexity index is 20.3. The molecule has 0 heterocycles. The fraction of sp³-hybridized carbons (Fsp3) is 0.800. The van der Waals surface area contributed by atoms with Crippen molar-refractivity contribution in [3.05, 3.63) is 14.4 Å². The Balaban J connectivity index is -0.00000000533. The third-order valence-electron chi connectivity index (χ3n) is 0. The van der Waals surface area contributed by atoms with Gasteiger partial charge in [0.1, 0.15) is 0 Å². The van der Waals surface area contributed by atoms with E-state index in [1.807, 2.05) is 0 Å². The van der Waals surface area contributed by atoms with Crippen LogP contribution >= 0.6 is 0 Å². The normalized spacial score (nSPS) is 5.45. The molecule has 75 valence electrons. The molecule has 1 heteroatoms. The van der Waals surface area contributed by atoms with E-state index in [2.05, 4.69) is 27.7 Å². The quantitative estimate of drug-likeness (QED) is 0.529. The van der Waals surface area contributed by atoms with Gasteiger partial charge in [0.2, 0.25) is 0 Å². The fourth-order valence-electron chi connectivity index (χ4n) is 0. The average Bonchev–Trinajstić information content (AvgIpc) is 0.722. The summed E-state index contributed by atoms with van der Waals surface area (Å²) in [5.41, 5.74) is 0.250. The summed E-state index contributed by atoms with van der Waals surface area (Å²) in [6.45, 7) is 10.0. The van der Waals surface area contributed by atoms with Crippen molar-refractivity contribution in [3.8, 4) is 0 Å². The maximum atomic E-state index is 3.77. The van der Waals surface area contributed by atoms with Gasteiger partial charge in [-0.3, -0.25) is 0 Å². The molecule has 1 radical (unpaired) electrons. The first kappa shape index (κ1) is 57.3. The van der Waals surface area contributed by atoms with Crippen LogP contribution in [-0.2, 0) is 32.7 Å². The molecule has 0 aromatic heterocycles. The van der Waals surface area contributed by atoms with E-state index in [9.17, 15) is 0 Å². The molecule has 0 nitrogen and oxygen atoms in total. The first-order valence-corrected chi connectivity index (χ1v) is 1.85. The van der Waals surface area contributed by atoms with Crippen molar-refractivity contribution in [2.75, 3.05) is 0 Å². The third-order valence-corrected chi connectivity index (χ3v) is 0. The monoisotopic (exact) mass is 239 g/mol. The van der Waals surface area contributed by atoms with Crippen molar-refractivity contribution in [3.63, 3.8) is 0 Å². The van der Waals surface area contributed by atoms with Gasteiger partial charge in [-0.05, 0) is 0 Å². The summed E-state index contributed by atoms with van der Waals surface area (Å²) in [5, 5.41) is 0. The Morgan fingerprint density at radius 3 is 0.818 bits per heavy atom. The Hall–Kier alpha value is 1.10. The summed E-state index contributed by atoms with van der Waals surface area (Å²) >= 11 is 0. The SMILES string of the molecule is C.C.C.C.[CH2-]C(C)(C)C.[CH3-].[Y]. The van der Waals surface area contributed by atoms with Crippen LogP contribution in [0, 0.1) is 19.8 Å². The third kappa shape index (κ3) is 755. The van der Waals surface area contributed by atoms with Crippen LogP contribution in [0.3, 0.4) is 0 Å². The molecule has 11 heavy (non-hydrogen) atoms. The van der Waals surface area contributed by atoms with Crippen LogP contribution in [-0.4, -0.2) is 0 Å². The van der Waals surface area contributed by atoms with Gasteiger partial charge in [-0.15, -0.1) is 0 Å². The van der Waals surface area contributed by atoms with E-state index in [0.717, 1.165) is 0 Å². The summed E-state index contributed by atoms with van der Waals surface area (Å²) in [5.74, 6) is 0. The standard InChI is InChI=1S/C5H11.4CH4.CH3.Y/c1-5(2,3)4;;;;;;/h1H2,2-4H3;4*1H4;1H3;/q-1;;;;;-1;. The van der Waals surface area contributed by atoms with Crippen LogP contribution in [0.1, 0.15) is 50.5 Å². The molecule has 0 rings (SSSR count). The summed E-state index contributed by atoms with van der Waals surface area (Å²) in [7, 11) is 0. The first-order valence-electron chi connectivity index (χ1n) is 1.85. The first-order chi connectivity index (χ1) is 2.00. The molecule has 0 unspecified atom stereocenters. The molecule has 0 saturated heterocycles. The van der Waals surface area contributed by atoms with Gasteiger partial charge in [0, 0.05) is 32.7 Å². The van der Waals surface area contributed by atoms with Gasteiger partial charge in [0.05, 0.1) is 0 Å². The van der Waals surface area contributed by atoms with Gasteiger partial charge < -0.3 is 14.4 Å². The van der Waals surface area contributed by atoms with Crippen molar-refractivity contribution in [1.82, 2.24) is 0 Å². The van der Waals surface area contributed by atoms with Gasteiger partial charge in [-0.25, -0.2) is 0 Å². The van der Waals surface area contributed by atoms with Gasteiger partial charge >= 0.3 is 0 Å². The fourth-order valence-corrected chi connectivity index (χ4v) is 0. The molecule has 0 aliphatic heterocycles. The Labute approximate surface area is 102 Å². The molecule has 0 bridgehead atoms. The zero-order chi connectivity index (χ0) is 4.50. The molecule has 0 aromatic rings. The summed E-state index contributed by atoms with van der Waals surface area (Å²) in [6.07, 6.45) is 0. The van der Waals surface area contributed by atoms with Crippen LogP contribution in [0.15, 0.2) is 0 Å². The van der Waals surface area contributed by atoms with Crippen molar-refractivity contribution < 1.29 is 32.7 Å². The van der Waals surface area contributed by atoms with Crippen LogP contribution in [0.4, 0.5) is 0 Å². The predicted molar refractivity (Wildman–Crippen MR) is 58.2 cm³/mol. The summed E-state index contributed by atoms with van der Waals surface area (Å²) in [6, 6.07) is 0. The van der Waals surface area contributed by atoms with Crippen LogP contribution in [0.5, 0.6) is 0 Å². The maximum absolute atomic E-state index is 3.77. The van der Waals surface area contributed by atoms with Crippen molar-refractivity contribution in [2.45, 2.75) is 50.5 Å². The van der Waals surface area contributed by atoms with E-state index in [4.69, 9.17) is 0 Å². The molecule has 0 saturated carbocycles. The van der Waals surface area contributed by atoms with Crippen molar-refractivity contribution >= 4 is 0 Å². The smallest absolute Gasteiger partial charge is 0 e. The van der Waals surface area contributed by atoms with Crippen molar-refractivity contribution in [1.29, 1.82) is 0 Å². The maximum Gasteiger partial charge on any atom is 0 e. The minimum absolute atomic E-state index is 0. The van der Waals surface area contributed by atoms with Gasteiger partial charge in [-0.2, -0.15) is 5.41 Å². The van der Waals surface area contributed by atoms with E-state index < -0.39 is 0 Å². The second-order valence-corrected chi connectivity index (χ2v) is 2.56. The Morgan fingerprint density at radius 1 is 0.818 bits per heavy atom. The van der Waals surface area contributed by atoms with E-state index in [-0.39, 0.29) is 75.3 Å². The molecule has 0 fully saturated rings. The van der Waals surface area contributed by atoms with Crippen LogP contribution < -0.4 is 0 Å². The van der Waals surface area contributed by atoms with E-state index in [0.29, 0.717) is 0 Å². The largest absolute Gasteiger partial charge is 0.358 e. The van der Waals surface area contributed by atoms with E-state index in [1.54, 1.807) is 0 Å². The molecular weight excluding hydrogens is 209 g/mol. The summed E-state index contributed by atoms with van der Waals surface area (Å²) < 4.78 is 0. The molecule has 0 N–H and O–H groups in total. The second-order valence-electron chi connectivity index (χ2n) is 2.56. The molecule has 0 aromatic carbocycles. The molecule has 0 aliphatic rings. The number of hydrogen-bond acceptors (Lipinski definition) is 0. The van der Waals surface area contributed by atoms with Crippen LogP contribution in [0.25, 0.3) is 0 Å². The van der Waals surface area contributed by atoms with E-state index in [1.165, 1.54) is 0 Å². The molecule has 0 spiro atoms. The molecule has 0 atom stereocenters. The predicted octanol–water partition coefficient (Wildman–Crippen LogP) is 4.86. The Kier molecular flexibility index (Phi) is 117. The molecular formula is C10H30Y-2. The minimum Gasteiger partial charge on any atom is -0.358 e. The number of hydrogen-bond donors (Lipinski definition) is 0. The molecule has 0 amide bonds. The summed E-state index contributed by atoms with van der Waals surface area (Å²) in [4.78, 5) is 0. The zero-order valence-electron chi connectivity index (χ0n) is 5.78. The molecule has 0 aliphatic carbocycles.